The Morgan fingerprint density at radius 3 is 2.52 bits per heavy atom. The van der Waals surface area contributed by atoms with Gasteiger partial charge in [0.2, 0.25) is 0 Å². The van der Waals surface area contributed by atoms with E-state index in [1.54, 1.807) is 6.92 Å². The van der Waals surface area contributed by atoms with Gasteiger partial charge in [0.15, 0.2) is 11.5 Å². The van der Waals surface area contributed by atoms with E-state index in [0.29, 0.717) is 6.61 Å². The molecule has 0 radical (unpaired) electrons. The highest BCUT2D eigenvalue weighted by molar-refractivity contribution is 5.99. The van der Waals surface area contributed by atoms with Crippen LogP contribution in [0.2, 0.25) is 0 Å². The van der Waals surface area contributed by atoms with Gasteiger partial charge in [-0.15, -0.1) is 0 Å². The van der Waals surface area contributed by atoms with Crippen LogP contribution in [0, 0.1) is 10.1 Å². The molecule has 1 unspecified atom stereocenters. The standard InChI is InChI=1S/C20H24N2O5/c1-4-27-19-13-17(22(24)25)16(12-18(19)26-3)20(23)21-14(2)10-11-15-8-6-5-7-9-15/h5-9,12-14H,4,10-11H2,1-3H3,(H,21,23). The van der Waals surface area contributed by atoms with Crippen LogP contribution >= 0.6 is 0 Å². The Morgan fingerprint density at radius 1 is 1.22 bits per heavy atom. The number of benzene rings is 2. The van der Waals surface area contributed by atoms with Crippen molar-refractivity contribution in [2.45, 2.75) is 32.7 Å². The van der Waals surface area contributed by atoms with E-state index in [1.807, 2.05) is 37.3 Å². The third-order valence-corrected chi connectivity index (χ3v) is 4.11. The van der Waals surface area contributed by atoms with Crippen molar-refractivity contribution in [3.8, 4) is 11.5 Å². The highest BCUT2D eigenvalue weighted by Gasteiger charge is 2.25. The molecule has 0 aliphatic carbocycles. The molecule has 0 aliphatic rings. The molecule has 0 fully saturated rings. The van der Waals surface area contributed by atoms with Crippen LogP contribution in [0.5, 0.6) is 11.5 Å². The first-order valence-corrected chi connectivity index (χ1v) is 8.80. The fourth-order valence-electron chi connectivity index (χ4n) is 2.71. The summed E-state index contributed by atoms with van der Waals surface area (Å²) < 4.78 is 10.6. The zero-order chi connectivity index (χ0) is 19.8. The number of carbonyl (C=O) groups is 1. The number of nitrogens with zero attached hydrogens (tertiary/aromatic N) is 1. The van der Waals surface area contributed by atoms with Gasteiger partial charge in [-0.2, -0.15) is 0 Å². The molecule has 0 saturated carbocycles. The highest BCUT2D eigenvalue weighted by Crippen LogP contribution is 2.34. The van der Waals surface area contributed by atoms with Crippen molar-refractivity contribution in [2.24, 2.45) is 0 Å². The highest BCUT2D eigenvalue weighted by atomic mass is 16.6. The third-order valence-electron chi connectivity index (χ3n) is 4.11. The second kappa shape index (κ2) is 9.56. The van der Waals surface area contributed by atoms with E-state index >= 15 is 0 Å². The van der Waals surface area contributed by atoms with E-state index in [4.69, 9.17) is 9.47 Å². The van der Waals surface area contributed by atoms with E-state index in [9.17, 15) is 14.9 Å². The number of amides is 1. The molecule has 1 N–H and O–H groups in total. The van der Waals surface area contributed by atoms with Gasteiger partial charge in [-0.05, 0) is 32.3 Å². The van der Waals surface area contributed by atoms with Gasteiger partial charge in [-0.3, -0.25) is 14.9 Å². The number of nitro groups is 1. The van der Waals surface area contributed by atoms with E-state index in [1.165, 1.54) is 24.8 Å². The van der Waals surface area contributed by atoms with Crippen LogP contribution in [0.1, 0.15) is 36.2 Å². The van der Waals surface area contributed by atoms with Gasteiger partial charge in [-0.1, -0.05) is 30.3 Å². The van der Waals surface area contributed by atoms with E-state index < -0.39 is 10.8 Å². The summed E-state index contributed by atoms with van der Waals surface area (Å²) in [6.07, 6.45) is 1.52. The van der Waals surface area contributed by atoms with Crippen molar-refractivity contribution in [1.29, 1.82) is 0 Å². The SMILES string of the molecule is CCOc1cc([N+](=O)[O-])c(C(=O)NC(C)CCc2ccccc2)cc1OC. The van der Waals surface area contributed by atoms with E-state index in [-0.39, 0.29) is 28.8 Å². The average molecular weight is 372 g/mol. The van der Waals surface area contributed by atoms with Crippen LogP contribution in [0.15, 0.2) is 42.5 Å². The summed E-state index contributed by atoms with van der Waals surface area (Å²) in [6.45, 7) is 3.97. The Hall–Kier alpha value is -3.09. The second-order valence-corrected chi connectivity index (χ2v) is 6.11. The lowest BCUT2D eigenvalue weighted by Gasteiger charge is -2.15. The largest absolute Gasteiger partial charge is 0.493 e. The molecule has 2 aromatic carbocycles. The Labute approximate surface area is 158 Å². The van der Waals surface area contributed by atoms with E-state index in [0.717, 1.165) is 12.8 Å². The van der Waals surface area contributed by atoms with Crippen molar-refractivity contribution in [1.82, 2.24) is 5.32 Å². The van der Waals surface area contributed by atoms with Gasteiger partial charge in [0.1, 0.15) is 5.56 Å². The fraction of sp³-hybridized carbons (Fsp3) is 0.350. The molecule has 1 atom stereocenters. The predicted molar refractivity (Wildman–Crippen MR) is 103 cm³/mol. The van der Waals surface area contributed by atoms with Gasteiger partial charge in [-0.25, -0.2) is 0 Å². The molecular weight excluding hydrogens is 348 g/mol. The Morgan fingerprint density at radius 2 is 1.93 bits per heavy atom. The summed E-state index contributed by atoms with van der Waals surface area (Å²) in [6, 6.07) is 12.4. The first-order chi connectivity index (χ1) is 13.0. The molecule has 0 saturated heterocycles. The van der Waals surface area contributed by atoms with Gasteiger partial charge in [0, 0.05) is 12.1 Å². The third kappa shape index (κ3) is 5.44. The van der Waals surface area contributed by atoms with Crippen molar-refractivity contribution in [3.63, 3.8) is 0 Å². The van der Waals surface area contributed by atoms with Crippen LogP contribution < -0.4 is 14.8 Å². The van der Waals surface area contributed by atoms with Gasteiger partial charge in [0.05, 0.1) is 24.7 Å². The molecule has 2 aromatic rings. The zero-order valence-electron chi connectivity index (χ0n) is 15.7. The molecule has 0 bridgehead atoms. The predicted octanol–water partition coefficient (Wildman–Crippen LogP) is 3.75. The maximum Gasteiger partial charge on any atom is 0.286 e. The Bertz CT molecular complexity index is 792. The molecule has 7 heteroatoms. The van der Waals surface area contributed by atoms with Crippen molar-refractivity contribution in [3.05, 3.63) is 63.7 Å². The monoisotopic (exact) mass is 372 g/mol. The first-order valence-electron chi connectivity index (χ1n) is 8.80. The molecule has 144 valence electrons. The molecule has 27 heavy (non-hydrogen) atoms. The number of carbonyl (C=O) groups excluding carboxylic acids is 1. The van der Waals surface area contributed by atoms with Crippen molar-refractivity contribution in [2.75, 3.05) is 13.7 Å². The number of methoxy groups -OCH3 is 1. The summed E-state index contributed by atoms with van der Waals surface area (Å²) >= 11 is 0. The molecule has 0 spiro atoms. The summed E-state index contributed by atoms with van der Waals surface area (Å²) in [5.74, 6) is 0.00789. The lowest BCUT2D eigenvalue weighted by atomic mass is 10.1. The number of nitrogens with one attached hydrogen (secondary N) is 1. The van der Waals surface area contributed by atoms with Gasteiger partial charge < -0.3 is 14.8 Å². The number of ether oxygens (including phenoxy) is 2. The lowest BCUT2D eigenvalue weighted by molar-refractivity contribution is -0.385. The minimum atomic E-state index is -0.592. The normalized spacial score (nSPS) is 11.5. The van der Waals surface area contributed by atoms with Crippen molar-refractivity contribution < 1.29 is 19.2 Å². The van der Waals surface area contributed by atoms with Crippen LogP contribution in [-0.4, -0.2) is 30.6 Å². The minimum absolute atomic E-state index is 0.0492. The number of nitro benzene ring substituents is 1. The lowest BCUT2D eigenvalue weighted by Crippen LogP contribution is -2.33. The summed E-state index contributed by atoms with van der Waals surface area (Å²) in [5.41, 5.74) is 0.811. The summed E-state index contributed by atoms with van der Waals surface area (Å²) in [4.78, 5) is 23.4. The van der Waals surface area contributed by atoms with Crippen LogP contribution in [0.4, 0.5) is 5.69 Å². The number of hydrogen-bond acceptors (Lipinski definition) is 5. The average Bonchev–Trinajstić information content (AvgIpc) is 2.67. The molecular formula is C20H24N2O5. The fourth-order valence-corrected chi connectivity index (χ4v) is 2.71. The van der Waals surface area contributed by atoms with Crippen LogP contribution in [0.25, 0.3) is 0 Å². The number of aryl methyl sites for hydroxylation is 1. The summed E-state index contributed by atoms with van der Waals surface area (Å²) in [5, 5.41) is 14.2. The molecule has 0 aromatic heterocycles. The molecule has 2 rings (SSSR count). The molecule has 7 nitrogen and oxygen atoms in total. The Kier molecular flexibility index (Phi) is 7.16. The Balaban J connectivity index is 2.15. The van der Waals surface area contributed by atoms with E-state index in [2.05, 4.69) is 5.32 Å². The van der Waals surface area contributed by atoms with Crippen molar-refractivity contribution >= 4 is 11.6 Å². The van der Waals surface area contributed by atoms with Crippen LogP contribution in [0.3, 0.4) is 0 Å². The number of rotatable bonds is 9. The first kappa shape index (κ1) is 20.2. The zero-order valence-corrected chi connectivity index (χ0v) is 15.7. The second-order valence-electron chi connectivity index (χ2n) is 6.11. The smallest absolute Gasteiger partial charge is 0.286 e. The minimum Gasteiger partial charge on any atom is -0.493 e. The van der Waals surface area contributed by atoms with Gasteiger partial charge in [0.25, 0.3) is 11.6 Å². The molecule has 0 heterocycles. The van der Waals surface area contributed by atoms with Crippen LogP contribution in [-0.2, 0) is 6.42 Å². The topological polar surface area (TPSA) is 90.7 Å². The molecule has 1 amide bonds. The molecule has 0 aliphatic heterocycles. The maximum absolute atomic E-state index is 12.6. The van der Waals surface area contributed by atoms with Gasteiger partial charge >= 0.3 is 0 Å². The number of hydrogen-bond donors (Lipinski definition) is 1. The quantitative estimate of drug-likeness (QED) is 0.535. The summed E-state index contributed by atoms with van der Waals surface area (Å²) in [7, 11) is 1.42. The maximum atomic E-state index is 12.6.